The van der Waals surface area contributed by atoms with Gasteiger partial charge in [-0.3, -0.25) is 14.6 Å². The number of amides is 1. The van der Waals surface area contributed by atoms with Crippen LogP contribution in [0.3, 0.4) is 0 Å². The molecular formula is C24H29N3OS. The van der Waals surface area contributed by atoms with E-state index in [1.807, 2.05) is 6.92 Å². The minimum atomic E-state index is -0.0713. The van der Waals surface area contributed by atoms with E-state index < -0.39 is 0 Å². The Morgan fingerprint density at radius 3 is 2.62 bits per heavy atom. The molecule has 3 aromatic rings. The van der Waals surface area contributed by atoms with Gasteiger partial charge in [-0.15, -0.1) is 11.3 Å². The van der Waals surface area contributed by atoms with E-state index in [9.17, 15) is 4.79 Å². The number of nitrogens with one attached hydrogen (secondary N) is 1. The zero-order valence-electron chi connectivity index (χ0n) is 17.0. The number of piperazine rings is 1. The van der Waals surface area contributed by atoms with Gasteiger partial charge in [0.05, 0.1) is 6.04 Å². The number of benzene rings is 2. The van der Waals surface area contributed by atoms with Gasteiger partial charge in [0.2, 0.25) is 5.91 Å². The van der Waals surface area contributed by atoms with Crippen LogP contribution in [0.2, 0.25) is 0 Å². The van der Waals surface area contributed by atoms with E-state index in [1.54, 1.807) is 11.3 Å². The van der Waals surface area contributed by atoms with Gasteiger partial charge in [0, 0.05) is 44.1 Å². The number of hydrogen-bond acceptors (Lipinski definition) is 4. The molecule has 1 amide bonds. The Morgan fingerprint density at radius 2 is 1.83 bits per heavy atom. The molecule has 1 fully saturated rings. The Kier molecular flexibility index (Phi) is 6.60. The normalized spacial score (nSPS) is 16.7. The van der Waals surface area contributed by atoms with Gasteiger partial charge in [-0.05, 0) is 41.1 Å². The second-order valence-corrected chi connectivity index (χ2v) is 8.78. The smallest absolute Gasteiger partial charge is 0.237 e. The standard InChI is InChI=1S/C24H29N3OS/c1-19(24(28)25-12-11-22-9-5-17-29-22)27-15-13-26(14-16-27)18-21-8-4-7-20-6-2-3-10-23(20)21/h2-10,17,19H,11-16,18H2,1H3,(H,25,28)/t19-/m1/s1. The Labute approximate surface area is 177 Å². The van der Waals surface area contributed by atoms with Gasteiger partial charge in [0.15, 0.2) is 0 Å². The highest BCUT2D eigenvalue weighted by atomic mass is 32.1. The zero-order valence-corrected chi connectivity index (χ0v) is 17.8. The van der Waals surface area contributed by atoms with Crippen LogP contribution in [0.5, 0.6) is 0 Å². The summed E-state index contributed by atoms with van der Waals surface area (Å²) in [6.07, 6.45) is 0.912. The van der Waals surface area contributed by atoms with Crippen LogP contribution in [0, 0.1) is 0 Å². The third-order valence-electron chi connectivity index (χ3n) is 5.86. The number of fused-ring (bicyclic) bond motifs is 1. The van der Waals surface area contributed by atoms with Crippen molar-refractivity contribution in [3.05, 3.63) is 70.4 Å². The van der Waals surface area contributed by atoms with Crippen molar-refractivity contribution in [1.82, 2.24) is 15.1 Å². The molecule has 4 nitrogen and oxygen atoms in total. The fourth-order valence-corrected chi connectivity index (χ4v) is 4.77. The first-order valence-electron chi connectivity index (χ1n) is 10.4. The van der Waals surface area contributed by atoms with Crippen molar-refractivity contribution >= 4 is 28.0 Å². The van der Waals surface area contributed by atoms with Gasteiger partial charge in [0.1, 0.15) is 0 Å². The number of rotatable bonds is 7. The number of carbonyl (C=O) groups is 1. The predicted octanol–water partition coefficient (Wildman–Crippen LogP) is 3.77. The first-order chi connectivity index (χ1) is 14.2. The Balaban J connectivity index is 1.25. The molecule has 1 saturated heterocycles. The second kappa shape index (κ2) is 9.53. The van der Waals surface area contributed by atoms with Crippen LogP contribution < -0.4 is 5.32 Å². The maximum Gasteiger partial charge on any atom is 0.237 e. The average Bonchev–Trinajstić information content (AvgIpc) is 3.27. The Morgan fingerprint density at radius 1 is 1.03 bits per heavy atom. The van der Waals surface area contributed by atoms with E-state index in [0.717, 1.165) is 39.1 Å². The minimum Gasteiger partial charge on any atom is -0.354 e. The largest absolute Gasteiger partial charge is 0.354 e. The molecule has 29 heavy (non-hydrogen) atoms. The van der Waals surface area contributed by atoms with E-state index in [1.165, 1.54) is 21.2 Å². The summed E-state index contributed by atoms with van der Waals surface area (Å²) >= 11 is 1.75. The van der Waals surface area contributed by atoms with Gasteiger partial charge >= 0.3 is 0 Å². The zero-order chi connectivity index (χ0) is 20.1. The summed E-state index contributed by atoms with van der Waals surface area (Å²) in [5.41, 5.74) is 1.39. The molecule has 1 aliphatic rings. The van der Waals surface area contributed by atoms with Crippen molar-refractivity contribution in [2.24, 2.45) is 0 Å². The lowest BCUT2D eigenvalue weighted by Crippen LogP contribution is -2.53. The summed E-state index contributed by atoms with van der Waals surface area (Å²) in [6.45, 7) is 7.57. The first-order valence-corrected chi connectivity index (χ1v) is 11.3. The molecule has 0 spiro atoms. The first kappa shape index (κ1) is 20.1. The fraction of sp³-hybridized carbons (Fsp3) is 0.375. The summed E-state index contributed by atoms with van der Waals surface area (Å²) in [5.74, 6) is 0.143. The SMILES string of the molecule is C[C@H](C(=O)NCCc1cccs1)N1CCN(Cc2cccc3ccccc23)CC1. The van der Waals surface area contributed by atoms with E-state index in [-0.39, 0.29) is 11.9 Å². The second-order valence-electron chi connectivity index (χ2n) is 7.75. The summed E-state index contributed by atoms with van der Waals surface area (Å²) in [6, 6.07) is 19.3. The van der Waals surface area contributed by atoms with Gasteiger partial charge in [-0.1, -0.05) is 48.5 Å². The molecule has 2 aromatic carbocycles. The van der Waals surface area contributed by atoms with Gasteiger partial charge in [-0.2, -0.15) is 0 Å². The molecular weight excluding hydrogens is 378 g/mol. The predicted molar refractivity (Wildman–Crippen MR) is 121 cm³/mol. The van der Waals surface area contributed by atoms with E-state index >= 15 is 0 Å². The van der Waals surface area contributed by atoms with Crippen LogP contribution in [-0.4, -0.2) is 54.5 Å². The van der Waals surface area contributed by atoms with Crippen molar-refractivity contribution in [2.75, 3.05) is 32.7 Å². The average molecular weight is 408 g/mol. The van der Waals surface area contributed by atoms with Crippen LogP contribution in [0.25, 0.3) is 10.8 Å². The highest BCUT2D eigenvalue weighted by Crippen LogP contribution is 2.21. The number of nitrogens with zero attached hydrogens (tertiary/aromatic N) is 2. The molecule has 1 N–H and O–H groups in total. The molecule has 0 unspecified atom stereocenters. The van der Waals surface area contributed by atoms with Gasteiger partial charge in [0.25, 0.3) is 0 Å². The van der Waals surface area contributed by atoms with Crippen molar-refractivity contribution in [3.8, 4) is 0 Å². The lowest BCUT2D eigenvalue weighted by molar-refractivity contribution is -0.126. The molecule has 5 heteroatoms. The van der Waals surface area contributed by atoms with E-state index in [2.05, 4.69) is 75.1 Å². The molecule has 2 heterocycles. The van der Waals surface area contributed by atoms with Crippen molar-refractivity contribution < 1.29 is 4.79 Å². The topological polar surface area (TPSA) is 35.6 Å². The van der Waals surface area contributed by atoms with Crippen LogP contribution in [-0.2, 0) is 17.8 Å². The quantitative estimate of drug-likeness (QED) is 0.648. The maximum atomic E-state index is 12.5. The third kappa shape index (κ3) is 5.04. The van der Waals surface area contributed by atoms with E-state index in [4.69, 9.17) is 0 Å². The highest BCUT2D eigenvalue weighted by Gasteiger charge is 2.25. The summed E-state index contributed by atoms with van der Waals surface area (Å²) in [7, 11) is 0. The molecule has 0 bridgehead atoms. The van der Waals surface area contributed by atoms with E-state index in [0.29, 0.717) is 6.54 Å². The lowest BCUT2D eigenvalue weighted by atomic mass is 10.0. The summed E-state index contributed by atoms with van der Waals surface area (Å²) in [5, 5.41) is 7.83. The van der Waals surface area contributed by atoms with Gasteiger partial charge < -0.3 is 5.32 Å². The Hall–Kier alpha value is -2.21. The maximum absolute atomic E-state index is 12.5. The third-order valence-corrected chi connectivity index (χ3v) is 6.79. The fourth-order valence-electron chi connectivity index (χ4n) is 4.06. The Bertz CT molecular complexity index is 927. The molecule has 1 atom stereocenters. The summed E-state index contributed by atoms with van der Waals surface area (Å²) in [4.78, 5) is 18.7. The van der Waals surface area contributed by atoms with Crippen LogP contribution >= 0.6 is 11.3 Å². The number of carbonyl (C=O) groups excluding carboxylic acids is 1. The van der Waals surface area contributed by atoms with Crippen molar-refractivity contribution in [1.29, 1.82) is 0 Å². The van der Waals surface area contributed by atoms with Crippen molar-refractivity contribution in [2.45, 2.75) is 25.9 Å². The molecule has 0 aliphatic carbocycles. The highest BCUT2D eigenvalue weighted by molar-refractivity contribution is 7.09. The molecule has 152 valence electrons. The number of thiophene rings is 1. The minimum absolute atomic E-state index is 0.0713. The van der Waals surface area contributed by atoms with Gasteiger partial charge in [-0.25, -0.2) is 0 Å². The molecule has 0 saturated carbocycles. The lowest BCUT2D eigenvalue weighted by Gasteiger charge is -2.37. The molecule has 1 aromatic heterocycles. The molecule has 0 radical (unpaired) electrons. The molecule has 4 rings (SSSR count). The number of hydrogen-bond donors (Lipinski definition) is 1. The molecule has 1 aliphatic heterocycles. The van der Waals surface area contributed by atoms with Crippen LogP contribution in [0.1, 0.15) is 17.4 Å². The van der Waals surface area contributed by atoms with Crippen molar-refractivity contribution in [3.63, 3.8) is 0 Å². The van der Waals surface area contributed by atoms with Crippen LogP contribution in [0.4, 0.5) is 0 Å². The monoisotopic (exact) mass is 407 g/mol. The van der Waals surface area contributed by atoms with Crippen LogP contribution in [0.15, 0.2) is 60.0 Å². The summed E-state index contributed by atoms with van der Waals surface area (Å²) < 4.78 is 0.